The van der Waals surface area contributed by atoms with E-state index in [4.69, 9.17) is 24.9 Å². The highest BCUT2D eigenvalue weighted by Crippen LogP contribution is 2.37. The van der Waals surface area contributed by atoms with Crippen LogP contribution in [0.1, 0.15) is 0 Å². The van der Waals surface area contributed by atoms with E-state index >= 15 is 0 Å². The van der Waals surface area contributed by atoms with E-state index in [0.717, 1.165) is 44.8 Å². The van der Waals surface area contributed by atoms with Gasteiger partial charge in [-0.05, 0) is 24.3 Å². The summed E-state index contributed by atoms with van der Waals surface area (Å²) in [6.07, 6.45) is 0. The van der Waals surface area contributed by atoms with E-state index in [0.29, 0.717) is 23.3 Å². The molecule has 3 aromatic heterocycles. The molecule has 0 fully saturated rings. The van der Waals surface area contributed by atoms with E-state index in [1.165, 1.54) is 20.2 Å². The van der Waals surface area contributed by atoms with Gasteiger partial charge in [0.2, 0.25) is 0 Å². The molecular formula is C43H27N5S. The maximum atomic E-state index is 5.10. The summed E-state index contributed by atoms with van der Waals surface area (Å²) in [7, 11) is 0. The van der Waals surface area contributed by atoms with Crippen LogP contribution in [0.3, 0.4) is 0 Å². The van der Waals surface area contributed by atoms with Gasteiger partial charge in [0.1, 0.15) is 0 Å². The lowest BCUT2D eigenvalue weighted by molar-refractivity contribution is 1.07. The molecule has 9 aromatic rings. The summed E-state index contributed by atoms with van der Waals surface area (Å²) in [6, 6.07) is 55.7. The molecule has 0 saturated carbocycles. The fourth-order valence-electron chi connectivity index (χ4n) is 6.10. The molecule has 0 aliphatic rings. The molecule has 0 bridgehead atoms. The minimum atomic E-state index is 0.599. The molecular weight excluding hydrogens is 619 g/mol. The molecule has 49 heavy (non-hydrogen) atoms. The molecule has 0 unspecified atom stereocenters. The fourth-order valence-corrected chi connectivity index (χ4v) is 7.25. The lowest BCUT2D eigenvalue weighted by atomic mass is 10.0. The van der Waals surface area contributed by atoms with Crippen molar-refractivity contribution in [3.05, 3.63) is 164 Å². The van der Waals surface area contributed by atoms with Crippen molar-refractivity contribution >= 4 is 31.5 Å². The van der Waals surface area contributed by atoms with Gasteiger partial charge in [0.05, 0.1) is 11.4 Å². The lowest BCUT2D eigenvalue weighted by Crippen LogP contribution is -2.00. The highest BCUT2D eigenvalue weighted by Gasteiger charge is 2.16. The number of benzene rings is 6. The van der Waals surface area contributed by atoms with Gasteiger partial charge in [-0.2, -0.15) is 0 Å². The molecule has 0 spiro atoms. The van der Waals surface area contributed by atoms with Gasteiger partial charge >= 0.3 is 0 Å². The molecule has 0 atom stereocenters. The first kappa shape index (κ1) is 28.8. The van der Waals surface area contributed by atoms with Crippen molar-refractivity contribution in [3.8, 4) is 68.1 Å². The Morgan fingerprint density at radius 3 is 1.35 bits per heavy atom. The number of hydrogen-bond donors (Lipinski definition) is 0. The van der Waals surface area contributed by atoms with Crippen molar-refractivity contribution in [1.82, 2.24) is 24.9 Å². The lowest BCUT2D eigenvalue weighted by Gasteiger charge is -2.11. The Balaban J connectivity index is 1.18. The van der Waals surface area contributed by atoms with Gasteiger partial charge in [-0.25, -0.2) is 24.9 Å². The molecule has 0 radical (unpaired) electrons. The molecule has 5 nitrogen and oxygen atoms in total. The number of rotatable bonds is 6. The van der Waals surface area contributed by atoms with Crippen molar-refractivity contribution in [2.24, 2.45) is 0 Å². The van der Waals surface area contributed by atoms with Crippen LogP contribution < -0.4 is 0 Å². The van der Waals surface area contributed by atoms with Gasteiger partial charge in [-0.1, -0.05) is 140 Å². The molecule has 3 heterocycles. The van der Waals surface area contributed by atoms with Crippen molar-refractivity contribution < 1.29 is 0 Å². The van der Waals surface area contributed by atoms with Gasteiger partial charge in [-0.15, -0.1) is 11.3 Å². The van der Waals surface area contributed by atoms with Gasteiger partial charge in [0.15, 0.2) is 23.3 Å². The van der Waals surface area contributed by atoms with E-state index in [2.05, 4.69) is 72.8 Å². The summed E-state index contributed by atoms with van der Waals surface area (Å²) < 4.78 is 2.52. The third kappa shape index (κ3) is 5.64. The maximum Gasteiger partial charge on any atom is 0.164 e. The highest BCUT2D eigenvalue weighted by molar-refractivity contribution is 7.25. The quantitative estimate of drug-likeness (QED) is 0.180. The zero-order valence-electron chi connectivity index (χ0n) is 26.2. The summed E-state index contributed by atoms with van der Waals surface area (Å²) in [5.74, 6) is 2.53. The largest absolute Gasteiger partial charge is 0.228 e. The van der Waals surface area contributed by atoms with Crippen molar-refractivity contribution in [1.29, 1.82) is 0 Å². The molecule has 6 heteroatoms. The second kappa shape index (κ2) is 12.3. The Morgan fingerprint density at radius 1 is 0.286 bits per heavy atom. The van der Waals surface area contributed by atoms with Crippen LogP contribution in [0, 0.1) is 0 Å². The number of thiophene rings is 1. The van der Waals surface area contributed by atoms with Crippen molar-refractivity contribution in [2.45, 2.75) is 0 Å². The average Bonchev–Trinajstić information content (AvgIpc) is 3.57. The molecule has 6 aromatic carbocycles. The van der Waals surface area contributed by atoms with Crippen LogP contribution >= 0.6 is 11.3 Å². The first-order chi connectivity index (χ1) is 24.2. The second-order valence-electron chi connectivity index (χ2n) is 11.8. The maximum absolute atomic E-state index is 5.10. The Kier molecular flexibility index (Phi) is 7.26. The molecule has 0 saturated heterocycles. The highest BCUT2D eigenvalue weighted by atomic mass is 32.1. The second-order valence-corrected chi connectivity index (χ2v) is 12.8. The zero-order valence-corrected chi connectivity index (χ0v) is 27.0. The van der Waals surface area contributed by atoms with E-state index in [9.17, 15) is 0 Å². The standard InChI is InChI=1S/C43H27N5S/c1-4-13-28(14-5-1)40-44-36(27-37(45-40)32-23-24-35-34-21-10-11-22-38(34)49-39(35)26-32)31-19-12-20-33(25-31)43-47-41(29-15-6-2-7-16-29)46-42(48-43)30-17-8-3-9-18-30/h1-27H. The summed E-state index contributed by atoms with van der Waals surface area (Å²) in [5.41, 5.74) is 7.39. The Labute approximate surface area is 287 Å². The SMILES string of the molecule is c1ccc(-c2nc(-c3cccc(-c4nc(-c5ccccc5)nc(-c5ccccc5)n4)c3)cc(-c3ccc4c(c3)sc3ccccc34)n2)cc1. The normalized spacial score (nSPS) is 11.3. The topological polar surface area (TPSA) is 64.5 Å². The molecule has 0 aliphatic carbocycles. The average molecular weight is 646 g/mol. The van der Waals surface area contributed by atoms with Crippen LogP contribution in [0.5, 0.6) is 0 Å². The van der Waals surface area contributed by atoms with Crippen LogP contribution in [0.15, 0.2) is 164 Å². The smallest absolute Gasteiger partial charge is 0.164 e. The Morgan fingerprint density at radius 2 is 0.735 bits per heavy atom. The van der Waals surface area contributed by atoms with Crippen LogP contribution in [0.4, 0.5) is 0 Å². The third-order valence-corrected chi connectivity index (χ3v) is 9.68. The minimum absolute atomic E-state index is 0.599. The van der Waals surface area contributed by atoms with Crippen LogP contribution in [0.2, 0.25) is 0 Å². The van der Waals surface area contributed by atoms with E-state index in [1.807, 2.05) is 102 Å². The van der Waals surface area contributed by atoms with E-state index in [1.54, 1.807) is 0 Å². The predicted molar refractivity (Wildman–Crippen MR) is 201 cm³/mol. The third-order valence-electron chi connectivity index (χ3n) is 8.55. The van der Waals surface area contributed by atoms with Gasteiger partial charge < -0.3 is 0 Å². The summed E-state index contributed by atoms with van der Waals surface area (Å²) in [4.78, 5) is 25.0. The molecule has 230 valence electrons. The molecule has 0 N–H and O–H groups in total. The summed E-state index contributed by atoms with van der Waals surface area (Å²) in [6.45, 7) is 0. The number of nitrogens with zero attached hydrogens (tertiary/aromatic N) is 5. The van der Waals surface area contributed by atoms with E-state index < -0.39 is 0 Å². The first-order valence-corrected chi connectivity index (χ1v) is 16.9. The predicted octanol–water partition coefficient (Wildman–Crippen LogP) is 11.0. The number of aromatic nitrogens is 5. The number of fused-ring (bicyclic) bond motifs is 3. The van der Waals surface area contributed by atoms with Crippen LogP contribution in [-0.2, 0) is 0 Å². The molecule has 9 rings (SSSR count). The van der Waals surface area contributed by atoms with E-state index in [-0.39, 0.29) is 0 Å². The van der Waals surface area contributed by atoms with Crippen LogP contribution in [0.25, 0.3) is 88.2 Å². The van der Waals surface area contributed by atoms with Crippen molar-refractivity contribution in [2.75, 3.05) is 0 Å². The summed E-state index contributed by atoms with van der Waals surface area (Å²) >= 11 is 1.81. The van der Waals surface area contributed by atoms with Crippen molar-refractivity contribution in [3.63, 3.8) is 0 Å². The zero-order chi connectivity index (χ0) is 32.6. The summed E-state index contributed by atoms with van der Waals surface area (Å²) in [5, 5.41) is 2.54. The van der Waals surface area contributed by atoms with Gasteiger partial charge in [0.25, 0.3) is 0 Å². The van der Waals surface area contributed by atoms with Gasteiger partial charge in [-0.3, -0.25) is 0 Å². The van der Waals surface area contributed by atoms with Crippen LogP contribution in [-0.4, -0.2) is 24.9 Å². The monoisotopic (exact) mass is 645 g/mol. The van der Waals surface area contributed by atoms with Gasteiger partial charge in [0, 0.05) is 53.6 Å². The minimum Gasteiger partial charge on any atom is -0.228 e. The number of hydrogen-bond acceptors (Lipinski definition) is 6. The molecule has 0 aliphatic heterocycles. The molecule has 0 amide bonds. The first-order valence-electron chi connectivity index (χ1n) is 16.1. The Hall–Kier alpha value is -6.37. The Bertz CT molecular complexity index is 2540. The fraction of sp³-hybridized carbons (Fsp3) is 0.